The third kappa shape index (κ3) is 1.67. The second kappa shape index (κ2) is 4.46. The maximum absolute atomic E-state index is 2.26. The van der Waals surface area contributed by atoms with E-state index < -0.39 is 0 Å². The van der Waals surface area contributed by atoms with E-state index >= 15 is 0 Å². The van der Waals surface area contributed by atoms with Crippen LogP contribution in [0, 0.1) is 6.92 Å². The molecule has 0 bridgehead atoms. The van der Waals surface area contributed by atoms with Crippen LogP contribution in [0.1, 0.15) is 5.56 Å². The lowest BCUT2D eigenvalue weighted by molar-refractivity contribution is 1.50. The molecule has 0 amide bonds. The molecule has 20 heavy (non-hydrogen) atoms. The average Bonchev–Trinajstić information content (AvgIpc) is 2.86. The van der Waals surface area contributed by atoms with Gasteiger partial charge in [0.1, 0.15) is 0 Å². The lowest BCUT2D eigenvalue weighted by Crippen LogP contribution is -1.83. The van der Waals surface area contributed by atoms with Gasteiger partial charge in [0, 0.05) is 25.7 Å². The number of hydrogen-bond donors (Lipinski definition) is 0. The summed E-state index contributed by atoms with van der Waals surface area (Å²) in [6, 6.07) is 23.9. The van der Waals surface area contributed by atoms with Crippen LogP contribution in [0.4, 0.5) is 0 Å². The van der Waals surface area contributed by atoms with Crippen LogP contribution in [-0.4, -0.2) is 0 Å². The first kappa shape index (κ1) is 11.7. The second-order valence-electron chi connectivity index (χ2n) is 5.10. The number of thiophene rings is 1. The molecule has 0 atom stereocenters. The Balaban J connectivity index is 2.17. The first-order chi connectivity index (χ1) is 9.84. The molecule has 0 aliphatic heterocycles. The minimum atomic E-state index is 1.31. The third-order valence-corrected chi connectivity index (χ3v) is 5.02. The van der Waals surface area contributed by atoms with Gasteiger partial charge in [-0.05, 0) is 24.1 Å². The number of hydrogen-bond acceptors (Lipinski definition) is 1. The highest BCUT2D eigenvalue weighted by molar-refractivity contribution is 7.26. The lowest BCUT2D eigenvalue weighted by atomic mass is 9.98. The molecule has 1 aromatic heterocycles. The summed E-state index contributed by atoms with van der Waals surface area (Å²) in [5, 5.41) is 2.74. The van der Waals surface area contributed by atoms with Gasteiger partial charge in [0.25, 0.3) is 0 Å². The zero-order valence-corrected chi connectivity index (χ0v) is 12.1. The average molecular weight is 274 g/mol. The molecule has 0 nitrogen and oxygen atoms in total. The molecule has 4 aromatic rings. The van der Waals surface area contributed by atoms with Gasteiger partial charge < -0.3 is 0 Å². The van der Waals surface area contributed by atoms with Gasteiger partial charge >= 0.3 is 0 Å². The molecular weight excluding hydrogens is 260 g/mol. The molecule has 0 spiro atoms. The van der Waals surface area contributed by atoms with Crippen molar-refractivity contribution in [3.63, 3.8) is 0 Å². The SMILES string of the molecule is Cc1ccc2c(sc3ccccc32)c1-c1ccccc1. The fourth-order valence-corrected chi connectivity index (χ4v) is 4.17. The van der Waals surface area contributed by atoms with Gasteiger partial charge in [0.15, 0.2) is 0 Å². The molecule has 1 heteroatoms. The summed E-state index contributed by atoms with van der Waals surface area (Å²) in [7, 11) is 0. The summed E-state index contributed by atoms with van der Waals surface area (Å²) in [5.41, 5.74) is 4.03. The van der Waals surface area contributed by atoms with Gasteiger partial charge in [-0.1, -0.05) is 60.7 Å². The Morgan fingerprint density at radius 1 is 0.700 bits per heavy atom. The molecule has 0 aliphatic rings. The maximum atomic E-state index is 2.26. The molecule has 0 unspecified atom stereocenters. The van der Waals surface area contributed by atoms with Gasteiger partial charge in [-0.3, -0.25) is 0 Å². The summed E-state index contributed by atoms with van der Waals surface area (Å²) in [4.78, 5) is 0. The van der Waals surface area contributed by atoms with Gasteiger partial charge in [-0.2, -0.15) is 0 Å². The van der Waals surface area contributed by atoms with E-state index in [1.165, 1.54) is 36.9 Å². The van der Waals surface area contributed by atoms with Gasteiger partial charge in [-0.25, -0.2) is 0 Å². The van der Waals surface area contributed by atoms with E-state index in [0.29, 0.717) is 0 Å². The summed E-state index contributed by atoms with van der Waals surface area (Å²) in [5.74, 6) is 0. The molecule has 96 valence electrons. The van der Waals surface area contributed by atoms with E-state index in [2.05, 4.69) is 73.7 Å². The zero-order valence-electron chi connectivity index (χ0n) is 11.3. The van der Waals surface area contributed by atoms with Crippen LogP contribution in [-0.2, 0) is 0 Å². The summed E-state index contributed by atoms with van der Waals surface area (Å²) in [6.07, 6.45) is 0. The van der Waals surface area contributed by atoms with E-state index in [4.69, 9.17) is 0 Å². The highest BCUT2D eigenvalue weighted by atomic mass is 32.1. The molecule has 4 rings (SSSR count). The Hall–Kier alpha value is -2.12. The van der Waals surface area contributed by atoms with Crippen molar-refractivity contribution < 1.29 is 0 Å². The number of benzene rings is 3. The third-order valence-electron chi connectivity index (χ3n) is 3.82. The maximum Gasteiger partial charge on any atom is 0.0436 e. The van der Waals surface area contributed by atoms with Crippen LogP contribution >= 0.6 is 11.3 Å². The van der Waals surface area contributed by atoms with Crippen molar-refractivity contribution in [1.29, 1.82) is 0 Å². The van der Waals surface area contributed by atoms with Crippen molar-refractivity contribution in [2.45, 2.75) is 6.92 Å². The first-order valence-corrected chi connectivity index (χ1v) is 7.62. The van der Waals surface area contributed by atoms with Gasteiger partial charge in [0.2, 0.25) is 0 Å². The van der Waals surface area contributed by atoms with Crippen LogP contribution in [0.5, 0.6) is 0 Å². The Kier molecular flexibility index (Phi) is 2.61. The second-order valence-corrected chi connectivity index (χ2v) is 6.15. The lowest BCUT2D eigenvalue weighted by Gasteiger charge is -2.07. The number of rotatable bonds is 1. The molecule has 1 heterocycles. The fourth-order valence-electron chi connectivity index (χ4n) is 2.85. The predicted molar refractivity (Wildman–Crippen MR) is 89.5 cm³/mol. The van der Waals surface area contributed by atoms with Crippen molar-refractivity contribution >= 4 is 31.5 Å². The largest absolute Gasteiger partial charge is 0.135 e. The molecule has 0 saturated carbocycles. The Bertz CT molecular complexity index is 901. The minimum absolute atomic E-state index is 1.31. The van der Waals surface area contributed by atoms with E-state index in [9.17, 15) is 0 Å². The van der Waals surface area contributed by atoms with Gasteiger partial charge in [0.05, 0.1) is 0 Å². The highest BCUT2D eigenvalue weighted by Crippen LogP contribution is 2.41. The van der Waals surface area contributed by atoms with Crippen LogP contribution in [0.15, 0.2) is 66.7 Å². The highest BCUT2D eigenvalue weighted by Gasteiger charge is 2.11. The number of aryl methyl sites for hydroxylation is 1. The monoisotopic (exact) mass is 274 g/mol. The summed E-state index contributed by atoms with van der Waals surface area (Å²) >= 11 is 1.90. The minimum Gasteiger partial charge on any atom is -0.135 e. The first-order valence-electron chi connectivity index (χ1n) is 6.81. The summed E-state index contributed by atoms with van der Waals surface area (Å²) < 4.78 is 2.77. The number of fused-ring (bicyclic) bond motifs is 3. The molecule has 0 aliphatic carbocycles. The van der Waals surface area contributed by atoms with Crippen molar-refractivity contribution in [2.75, 3.05) is 0 Å². The quantitative estimate of drug-likeness (QED) is 0.397. The Labute approximate surface area is 122 Å². The Morgan fingerprint density at radius 3 is 2.30 bits per heavy atom. The van der Waals surface area contributed by atoms with E-state index in [1.807, 2.05) is 11.3 Å². The van der Waals surface area contributed by atoms with E-state index in [-0.39, 0.29) is 0 Å². The topological polar surface area (TPSA) is 0 Å². The molecule has 3 aromatic carbocycles. The normalized spacial score (nSPS) is 11.2. The van der Waals surface area contributed by atoms with Crippen LogP contribution in [0.2, 0.25) is 0 Å². The molecule has 0 radical (unpaired) electrons. The standard InChI is InChI=1S/C19H14S/c1-13-11-12-16-15-9-5-6-10-17(15)20-19(16)18(13)14-7-3-2-4-8-14/h2-12H,1H3. The molecular formula is C19H14S. The van der Waals surface area contributed by atoms with Crippen LogP contribution < -0.4 is 0 Å². The van der Waals surface area contributed by atoms with Gasteiger partial charge in [-0.15, -0.1) is 11.3 Å². The Morgan fingerprint density at radius 2 is 1.45 bits per heavy atom. The smallest absolute Gasteiger partial charge is 0.0436 e. The van der Waals surface area contributed by atoms with Crippen LogP contribution in [0.3, 0.4) is 0 Å². The van der Waals surface area contributed by atoms with Crippen molar-refractivity contribution in [2.24, 2.45) is 0 Å². The van der Waals surface area contributed by atoms with Crippen LogP contribution in [0.25, 0.3) is 31.3 Å². The zero-order chi connectivity index (χ0) is 13.5. The van der Waals surface area contributed by atoms with E-state index in [0.717, 1.165) is 0 Å². The van der Waals surface area contributed by atoms with Crippen molar-refractivity contribution in [3.8, 4) is 11.1 Å². The van der Waals surface area contributed by atoms with Crippen molar-refractivity contribution in [1.82, 2.24) is 0 Å². The molecule has 0 saturated heterocycles. The summed E-state index contributed by atoms with van der Waals surface area (Å²) in [6.45, 7) is 2.20. The fraction of sp³-hybridized carbons (Fsp3) is 0.0526. The predicted octanol–water partition coefficient (Wildman–Crippen LogP) is 6.03. The molecule has 0 N–H and O–H groups in total. The molecule has 0 fully saturated rings. The van der Waals surface area contributed by atoms with E-state index in [1.54, 1.807) is 0 Å². The van der Waals surface area contributed by atoms with Crippen molar-refractivity contribution in [3.05, 3.63) is 72.3 Å².